The van der Waals surface area contributed by atoms with Gasteiger partial charge in [-0.25, -0.2) is 0 Å². The van der Waals surface area contributed by atoms with Gasteiger partial charge < -0.3 is 4.90 Å². The molecule has 0 amide bonds. The van der Waals surface area contributed by atoms with Gasteiger partial charge >= 0.3 is 0 Å². The third-order valence-corrected chi connectivity index (χ3v) is 3.68. The number of anilines is 1. The molecule has 3 rings (SSSR count). The van der Waals surface area contributed by atoms with Gasteiger partial charge in [-0.05, 0) is 24.4 Å². The van der Waals surface area contributed by atoms with Gasteiger partial charge in [-0.1, -0.05) is 11.6 Å². The SMILES string of the molecule is Clc1nnc(Cl)c(N2CCN(C3CC3)CC2)n1. The Morgan fingerprint density at radius 3 is 2.35 bits per heavy atom. The molecule has 0 atom stereocenters. The predicted octanol–water partition coefficient (Wildman–Crippen LogP) is 1.46. The predicted molar refractivity (Wildman–Crippen MR) is 66.7 cm³/mol. The minimum atomic E-state index is 0.147. The maximum absolute atomic E-state index is 5.99. The van der Waals surface area contributed by atoms with Gasteiger partial charge in [0.15, 0.2) is 11.0 Å². The van der Waals surface area contributed by atoms with Crippen molar-refractivity contribution in [1.82, 2.24) is 20.1 Å². The second-order valence-electron chi connectivity index (χ2n) is 4.45. The van der Waals surface area contributed by atoms with Gasteiger partial charge in [0, 0.05) is 32.2 Å². The van der Waals surface area contributed by atoms with Crippen LogP contribution in [0.1, 0.15) is 12.8 Å². The van der Waals surface area contributed by atoms with E-state index in [-0.39, 0.29) is 5.28 Å². The molecule has 2 aliphatic rings. The van der Waals surface area contributed by atoms with E-state index in [1.54, 1.807) is 0 Å². The number of hydrogen-bond donors (Lipinski definition) is 0. The van der Waals surface area contributed by atoms with Crippen LogP contribution in [-0.4, -0.2) is 52.3 Å². The van der Waals surface area contributed by atoms with Crippen LogP contribution in [0.25, 0.3) is 0 Å². The highest BCUT2D eigenvalue weighted by molar-refractivity contribution is 6.32. The minimum Gasteiger partial charge on any atom is -0.351 e. The molecule has 0 aromatic carbocycles. The van der Waals surface area contributed by atoms with Gasteiger partial charge in [0.25, 0.3) is 0 Å². The molecule has 17 heavy (non-hydrogen) atoms. The molecular weight excluding hydrogens is 261 g/mol. The van der Waals surface area contributed by atoms with Crippen molar-refractivity contribution in [2.24, 2.45) is 0 Å². The molecule has 2 fully saturated rings. The summed E-state index contributed by atoms with van der Waals surface area (Å²) >= 11 is 11.7. The van der Waals surface area contributed by atoms with Crippen LogP contribution in [0.15, 0.2) is 0 Å². The molecule has 0 spiro atoms. The van der Waals surface area contributed by atoms with E-state index < -0.39 is 0 Å². The zero-order valence-electron chi connectivity index (χ0n) is 9.31. The number of aromatic nitrogens is 3. The highest BCUT2D eigenvalue weighted by atomic mass is 35.5. The molecule has 0 N–H and O–H groups in total. The van der Waals surface area contributed by atoms with Crippen LogP contribution in [0.4, 0.5) is 5.82 Å². The van der Waals surface area contributed by atoms with Crippen LogP contribution in [0.5, 0.6) is 0 Å². The first-order chi connectivity index (χ1) is 8.24. The lowest BCUT2D eigenvalue weighted by Gasteiger charge is -2.35. The van der Waals surface area contributed by atoms with Gasteiger partial charge in [-0.3, -0.25) is 4.90 Å². The van der Waals surface area contributed by atoms with Gasteiger partial charge in [-0.2, -0.15) is 4.98 Å². The second kappa shape index (κ2) is 4.55. The highest BCUT2D eigenvalue weighted by Gasteiger charge is 2.32. The molecule has 7 heteroatoms. The average Bonchev–Trinajstić information content (AvgIpc) is 3.17. The smallest absolute Gasteiger partial charge is 0.245 e. The highest BCUT2D eigenvalue weighted by Crippen LogP contribution is 2.29. The Labute approximate surface area is 110 Å². The molecular formula is C10H13Cl2N5. The van der Waals surface area contributed by atoms with Crippen molar-refractivity contribution in [2.75, 3.05) is 31.1 Å². The van der Waals surface area contributed by atoms with Crippen molar-refractivity contribution in [3.63, 3.8) is 0 Å². The Kier molecular flexibility index (Phi) is 3.06. The lowest BCUT2D eigenvalue weighted by atomic mass is 10.3. The standard InChI is InChI=1S/C10H13Cl2N5/c11-8-9(13-10(12)15-14-8)17-5-3-16(4-6-17)7-1-2-7/h7H,1-6H2. The number of hydrogen-bond acceptors (Lipinski definition) is 5. The fourth-order valence-corrected chi connectivity index (χ4v) is 2.54. The molecule has 92 valence electrons. The zero-order valence-corrected chi connectivity index (χ0v) is 10.8. The molecule has 1 aromatic rings. The molecule has 1 aliphatic heterocycles. The lowest BCUT2D eigenvalue weighted by Crippen LogP contribution is -2.47. The molecule has 2 heterocycles. The fraction of sp³-hybridized carbons (Fsp3) is 0.700. The van der Waals surface area contributed by atoms with Gasteiger partial charge in [0.05, 0.1) is 0 Å². The molecule has 1 saturated carbocycles. The van der Waals surface area contributed by atoms with Crippen LogP contribution < -0.4 is 4.90 Å². The van der Waals surface area contributed by atoms with Crippen molar-refractivity contribution >= 4 is 29.0 Å². The number of piperazine rings is 1. The van der Waals surface area contributed by atoms with E-state index >= 15 is 0 Å². The number of nitrogens with zero attached hydrogens (tertiary/aromatic N) is 5. The molecule has 5 nitrogen and oxygen atoms in total. The number of rotatable bonds is 2. The number of halogens is 2. The Balaban J connectivity index is 1.70. The monoisotopic (exact) mass is 273 g/mol. The third-order valence-electron chi connectivity index (χ3n) is 3.28. The minimum absolute atomic E-state index is 0.147. The van der Waals surface area contributed by atoms with E-state index in [2.05, 4.69) is 25.0 Å². The van der Waals surface area contributed by atoms with E-state index in [0.717, 1.165) is 32.2 Å². The van der Waals surface area contributed by atoms with Crippen molar-refractivity contribution in [1.29, 1.82) is 0 Å². The van der Waals surface area contributed by atoms with Crippen LogP contribution in [0, 0.1) is 0 Å². The van der Waals surface area contributed by atoms with Crippen LogP contribution >= 0.6 is 23.2 Å². The molecule has 1 aromatic heterocycles. The fourth-order valence-electron chi connectivity index (χ4n) is 2.23. The molecule has 1 saturated heterocycles. The van der Waals surface area contributed by atoms with Crippen molar-refractivity contribution < 1.29 is 0 Å². The van der Waals surface area contributed by atoms with E-state index in [1.165, 1.54) is 12.8 Å². The van der Waals surface area contributed by atoms with E-state index in [0.29, 0.717) is 11.0 Å². The molecule has 0 unspecified atom stereocenters. The normalized spacial score (nSPS) is 21.9. The Morgan fingerprint density at radius 2 is 1.71 bits per heavy atom. The molecule has 1 aliphatic carbocycles. The quantitative estimate of drug-likeness (QED) is 0.817. The summed E-state index contributed by atoms with van der Waals surface area (Å²) in [5.41, 5.74) is 0. The molecule has 0 bridgehead atoms. The molecule has 0 radical (unpaired) electrons. The summed E-state index contributed by atoms with van der Waals surface area (Å²) in [6, 6.07) is 0.819. The largest absolute Gasteiger partial charge is 0.351 e. The zero-order chi connectivity index (χ0) is 11.8. The summed E-state index contributed by atoms with van der Waals surface area (Å²) < 4.78 is 0. The maximum Gasteiger partial charge on any atom is 0.245 e. The summed E-state index contributed by atoms with van der Waals surface area (Å²) in [6.45, 7) is 3.96. The van der Waals surface area contributed by atoms with E-state index in [4.69, 9.17) is 23.2 Å². The summed E-state index contributed by atoms with van der Waals surface area (Å²) in [7, 11) is 0. The Bertz CT molecular complexity index is 415. The van der Waals surface area contributed by atoms with Crippen molar-refractivity contribution in [2.45, 2.75) is 18.9 Å². The summed E-state index contributed by atoms with van der Waals surface area (Å²) in [5.74, 6) is 0.655. The van der Waals surface area contributed by atoms with Gasteiger partial charge in [-0.15, -0.1) is 10.2 Å². The van der Waals surface area contributed by atoms with E-state index in [9.17, 15) is 0 Å². The summed E-state index contributed by atoms with van der Waals surface area (Å²) in [4.78, 5) is 8.80. The average molecular weight is 274 g/mol. The van der Waals surface area contributed by atoms with E-state index in [1.807, 2.05) is 0 Å². The van der Waals surface area contributed by atoms with Crippen LogP contribution in [0.3, 0.4) is 0 Å². The van der Waals surface area contributed by atoms with Crippen LogP contribution in [-0.2, 0) is 0 Å². The van der Waals surface area contributed by atoms with Crippen LogP contribution in [0.2, 0.25) is 10.4 Å². The van der Waals surface area contributed by atoms with Gasteiger partial charge in [0.2, 0.25) is 5.28 Å². The lowest BCUT2D eigenvalue weighted by molar-refractivity contribution is 0.247. The first-order valence-corrected chi connectivity index (χ1v) is 6.54. The third kappa shape index (κ3) is 2.46. The first-order valence-electron chi connectivity index (χ1n) is 5.79. The summed E-state index contributed by atoms with van der Waals surface area (Å²) in [6.07, 6.45) is 2.70. The second-order valence-corrected chi connectivity index (χ2v) is 5.15. The Morgan fingerprint density at radius 1 is 1.00 bits per heavy atom. The topological polar surface area (TPSA) is 45.2 Å². The maximum atomic E-state index is 5.99. The Hall–Kier alpha value is -0.650. The van der Waals surface area contributed by atoms with Gasteiger partial charge in [0.1, 0.15) is 0 Å². The summed E-state index contributed by atoms with van der Waals surface area (Å²) in [5, 5.41) is 7.88. The van der Waals surface area contributed by atoms with Crippen molar-refractivity contribution in [3.8, 4) is 0 Å². The first kappa shape index (κ1) is 11.4. The van der Waals surface area contributed by atoms with Crippen molar-refractivity contribution in [3.05, 3.63) is 10.4 Å².